The van der Waals surface area contributed by atoms with Gasteiger partial charge in [-0.05, 0) is 25.8 Å². The summed E-state index contributed by atoms with van der Waals surface area (Å²) in [6, 6.07) is 7.25. The van der Waals surface area contributed by atoms with E-state index in [1.807, 2.05) is 6.07 Å². The molecule has 2 aliphatic heterocycles. The third-order valence-corrected chi connectivity index (χ3v) is 8.35. The number of nitrogens with two attached hydrogens (primary N) is 1. The van der Waals surface area contributed by atoms with Crippen LogP contribution in [0.25, 0.3) is 0 Å². The quantitative estimate of drug-likeness (QED) is 0.208. The second-order valence-corrected chi connectivity index (χ2v) is 10.7. The molecule has 1 aromatic rings. The molecule has 12 nitrogen and oxygen atoms in total. The summed E-state index contributed by atoms with van der Waals surface area (Å²) in [4.78, 5) is 38.8. The second kappa shape index (κ2) is 12.9. The van der Waals surface area contributed by atoms with Crippen molar-refractivity contribution in [1.29, 1.82) is 0 Å². The molecule has 0 spiro atoms. The van der Waals surface area contributed by atoms with Crippen molar-refractivity contribution in [3.05, 3.63) is 35.9 Å². The van der Waals surface area contributed by atoms with Gasteiger partial charge in [0.05, 0.1) is 32.5 Å². The molecule has 2 aliphatic rings. The van der Waals surface area contributed by atoms with Crippen LogP contribution in [-0.2, 0) is 53.6 Å². The number of likely N-dealkylation sites (tertiary alicyclic amines) is 1. The van der Waals surface area contributed by atoms with Gasteiger partial charge in [-0.1, -0.05) is 30.3 Å². The average molecular weight is 543 g/mol. The van der Waals surface area contributed by atoms with Gasteiger partial charge in [-0.15, -0.1) is 0 Å². The van der Waals surface area contributed by atoms with Gasteiger partial charge in [-0.25, -0.2) is 4.79 Å². The van der Waals surface area contributed by atoms with Gasteiger partial charge in [0.25, 0.3) is 0 Å². The first-order valence-corrected chi connectivity index (χ1v) is 13.9. The molecule has 0 aromatic heterocycles. The van der Waals surface area contributed by atoms with Gasteiger partial charge in [0, 0.05) is 13.3 Å². The summed E-state index contributed by atoms with van der Waals surface area (Å²) in [6.07, 6.45) is 0.399. The van der Waals surface area contributed by atoms with Crippen molar-refractivity contribution < 1.29 is 46.9 Å². The Bertz CT molecular complexity index is 975. The smallest absolute Gasteiger partial charge is 0.364 e. The van der Waals surface area contributed by atoms with Gasteiger partial charge in [0.15, 0.2) is 0 Å². The molecule has 206 valence electrons. The first-order chi connectivity index (χ1) is 17.7. The van der Waals surface area contributed by atoms with Crippen molar-refractivity contribution in [2.45, 2.75) is 63.9 Å². The molecule has 13 heteroatoms. The van der Waals surface area contributed by atoms with Crippen LogP contribution in [0.3, 0.4) is 0 Å². The number of carbonyl (C=O) groups excluding carboxylic acids is 3. The van der Waals surface area contributed by atoms with Crippen molar-refractivity contribution in [1.82, 2.24) is 4.90 Å². The van der Waals surface area contributed by atoms with E-state index >= 15 is 0 Å². The number of nitrogens with zero attached hydrogens (tertiary/aromatic N) is 1. The molecular weight excluding hydrogens is 507 g/mol. The fourth-order valence-electron chi connectivity index (χ4n) is 4.32. The maximum Gasteiger partial charge on any atom is 0.364 e. The molecule has 2 saturated heterocycles. The highest BCUT2D eigenvalue weighted by atomic mass is 31.2. The number of benzene rings is 1. The summed E-state index contributed by atoms with van der Waals surface area (Å²) in [5.74, 6) is -4.87. The number of hydrogen-bond donors (Lipinski definition) is 1. The standard InChI is InChI=1S/C24H35N2O10P/c1-4-35-37(30,36-5-2)22(23(29)31-15-18-9-7-6-8-10-18)26-19(20(25)21(26)28)11-12-24(16-32-17(3)27)33-13-14-34-24/h6-10,19-20,22H,4-5,11-16,25H2,1-3H3/t19-,20+,22+/m1/s1. The van der Waals surface area contributed by atoms with Crippen LogP contribution < -0.4 is 5.73 Å². The molecule has 3 rings (SSSR count). The lowest BCUT2D eigenvalue weighted by Gasteiger charge is -2.49. The summed E-state index contributed by atoms with van der Waals surface area (Å²) in [5.41, 5.74) is 6.83. The van der Waals surface area contributed by atoms with Crippen LogP contribution in [0.5, 0.6) is 0 Å². The Kier molecular flexibility index (Phi) is 10.2. The minimum atomic E-state index is -4.18. The molecule has 37 heavy (non-hydrogen) atoms. The predicted octanol–water partition coefficient (Wildman–Crippen LogP) is 1.95. The zero-order chi connectivity index (χ0) is 27.1. The maximum atomic E-state index is 13.8. The van der Waals surface area contributed by atoms with Crippen molar-refractivity contribution in [3.63, 3.8) is 0 Å². The van der Waals surface area contributed by atoms with E-state index in [1.165, 1.54) is 6.92 Å². The third kappa shape index (κ3) is 6.95. The second-order valence-electron chi connectivity index (χ2n) is 8.61. The first kappa shape index (κ1) is 29.2. The number of carbonyl (C=O) groups is 3. The summed E-state index contributed by atoms with van der Waals surface area (Å²) >= 11 is 0. The topological polar surface area (TPSA) is 153 Å². The van der Waals surface area contributed by atoms with E-state index in [0.717, 1.165) is 4.90 Å². The van der Waals surface area contributed by atoms with Crippen LogP contribution in [-0.4, -0.2) is 79.4 Å². The molecule has 0 saturated carbocycles. The molecule has 1 aromatic carbocycles. The molecule has 0 bridgehead atoms. The number of hydrogen-bond acceptors (Lipinski definition) is 11. The minimum Gasteiger partial charge on any atom is -0.460 e. The van der Waals surface area contributed by atoms with Crippen LogP contribution in [0.1, 0.15) is 39.2 Å². The van der Waals surface area contributed by atoms with E-state index in [-0.39, 0.29) is 39.3 Å². The predicted molar refractivity (Wildman–Crippen MR) is 130 cm³/mol. The van der Waals surface area contributed by atoms with E-state index in [1.54, 1.807) is 38.1 Å². The van der Waals surface area contributed by atoms with Crippen LogP contribution in [0.15, 0.2) is 30.3 Å². The number of β-lactam (4-membered cyclic amide) rings is 1. The number of amides is 1. The molecule has 2 fully saturated rings. The van der Waals surface area contributed by atoms with Crippen LogP contribution in [0.4, 0.5) is 0 Å². The van der Waals surface area contributed by atoms with Crippen molar-refractivity contribution in [2.75, 3.05) is 33.0 Å². The zero-order valence-electron chi connectivity index (χ0n) is 21.3. The maximum absolute atomic E-state index is 13.8. The van der Waals surface area contributed by atoms with E-state index in [9.17, 15) is 18.9 Å². The number of rotatable bonds is 14. The molecule has 2 heterocycles. The SMILES string of the molecule is CCOP(=O)(OCC)[C@@H](C(=O)OCc1ccccc1)N1C(=O)[C@@H](N)[C@H]1CCC1(COC(C)=O)OCCO1. The van der Waals surface area contributed by atoms with Crippen LogP contribution in [0, 0.1) is 0 Å². The average Bonchev–Trinajstić information content (AvgIpc) is 3.35. The first-order valence-electron chi connectivity index (χ1n) is 12.2. The molecule has 3 atom stereocenters. The Morgan fingerprint density at radius 1 is 1.14 bits per heavy atom. The summed E-state index contributed by atoms with van der Waals surface area (Å²) in [5, 5.41) is 0. The Morgan fingerprint density at radius 2 is 1.76 bits per heavy atom. The Balaban J connectivity index is 1.83. The summed E-state index contributed by atoms with van der Waals surface area (Å²) < 4.78 is 46.7. The van der Waals surface area contributed by atoms with Crippen LogP contribution in [0.2, 0.25) is 0 Å². The summed E-state index contributed by atoms with van der Waals surface area (Å²) in [6.45, 7) is 4.81. The number of ether oxygens (including phenoxy) is 4. The Morgan fingerprint density at radius 3 is 2.32 bits per heavy atom. The lowest BCUT2D eigenvalue weighted by atomic mass is 9.90. The normalized spacial score (nSPS) is 21.8. The largest absolute Gasteiger partial charge is 0.460 e. The van der Waals surface area contributed by atoms with E-state index < -0.39 is 49.1 Å². The highest BCUT2D eigenvalue weighted by Gasteiger charge is 2.58. The zero-order valence-corrected chi connectivity index (χ0v) is 22.2. The van der Waals surface area contributed by atoms with Crippen molar-refractivity contribution in [2.24, 2.45) is 5.73 Å². The molecule has 2 N–H and O–H groups in total. The van der Waals surface area contributed by atoms with E-state index in [0.29, 0.717) is 18.8 Å². The number of esters is 2. The molecule has 0 radical (unpaired) electrons. The molecule has 0 aliphatic carbocycles. The summed E-state index contributed by atoms with van der Waals surface area (Å²) in [7, 11) is -4.18. The Labute approximate surface area is 216 Å². The van der Waals surface area contributed by atoms with E-state index in [2.05, 4.69) is 0 Å². The van der Waals surface area contributed by atoms with Crippen molar-refractivity contribution in [3.8, 4) is 0 Å². The Hall–Kier alpha value is -2.34. The highest BCUT2D eigenvalue weighted by molar-refractivity contribution is 7.55. The van der Waals surface area contributed by atoms with Gasteiger partial charge in [-0.3, -0.25) is 14.2 Å². The molecule has 1 amide bonds. The van der Waals surface area contributed by atoms with Gasteiger partial charge >= 0.3 is 19.5 Å². The van der Waals surface area contributed by atoms with Gasteiger partial charge < -0.3 is 38.6 Å². The highest BCUT2D eigenvalue weighted by Crippen LogP contribution is 2.56. The van der Waals surface area contributed by atoms with Gasteiger partial charge in [-0.2, -0.15) is 0 Å². The van der Waals surface area contributed by atoms with Gasteiger partial charge in [0.2, 0.25) is 17.5 Å². The molecule has 0 unspecified atom stereocenters. The minimum absolute atomic E-state index is 0.0222. The lowest BCUT2D eigenvalue weighted by molar-refractivity contribution is -0.204. The monoisotopic (exact) mass is 542 g/mol. The van der Waals surface area contributed by atoms with E-state index in [4.69, 9.17) is 33.7 Å². The van der Waals surface area contributed by atoms with Gasteiger partial charge in [0.1, 0.15) is 19.3 Å². The lowest BCUT2D eigenvalue weighted by Crippen LogP contribution is -2.72. The van der Waals surface area contributed by atoms with Crippen molar-refractivity contribution >= 4 is 25.4 Å². The third-order valence-electron chi connectivity index (χ3n) is 6.06. The fraction of sp³-hybridized carbons (Fsp3) is 0.625. The fourth-order valence-corrected chi connectivity index (χ4v) is 6.32. The van der Waals surface area contributed by atoms with Crippen LogP contribution >= 0.6 is 7.60 Å². The molecular formula is C24H35N2O10P.